The maximum Gasteiger partial charge on any atom is 0.188 e. The lowest BCUT2D eigenvalue weighted by Crippen LogP contribution is -2.02. The summed E-state index contributed by atoms with van der Waals surface area (Å²) in [6.45, 7) is 8.32. The van der Waals surface area contributed by atoms with Gasteiger partial charge in [-0.2, -0.15) is 0 Å². The van der Waals surface area contributed by atoms with Crippen LogP contribution in [-0.4, -0.2) is 15.0 Å². The van der Waals surface area contributed by atoms with Crippen molar-refractivity contribution in [3.8, 4) is 89.8 Å². The molecule has 0 N–H and O–H groups in total. The van der Waals surface area contributed by atoms with Crippen molar-refractivity contribution in [1.82, 2.24) is 15.0 Å². The first-order valence-corrected chi connectivity index (χ1v) is 22.8. The van der Waals surface area contributed by atoms with Gasteiger partial charge in [0.25, 0.3) is 0 Å². The Bertz CT molecular complexity index is 3940. The molecule has 12 aromatic rings. The minimum atomic E-state index is 0.545. The van der Waals surface area contributed by atoms with Crippen molar-refractivity contribution >= 4 is 38.0 Å². The molecular formula is C64H40N4. The van der Waals surface area contributed by atoms with Crippen LogP contribution in [-0.2, 0) is 0 Å². The van der Waals surface area contributed by atoms with Gasteiger partial charge in [-0.05, 0) is 118 Å². The molecule has 0 spiro atoms. The van der Waals surface area contributed by atoms with E-state index in [0.29, 0.717) is 23.2 Å². The predicted molar refractivity (Wildman–Crippen MR) is 282 cm³/mol. The third-order valence-corrected chi connectivity index (χ3v) is 12.9. The Morgan fingerprint density at radius 1 is 0.250 bits per heavy atom. The molecule has 4 heteroatoms. The lowest BCUT2D eigenvalue weighted by molar-refractivity contribution is 1.07. The van der Waals surface area contributed by atoms with Crippen LogP contribution in [0.5, 0.6) is 0 Å². The molecule has 0 unspecified atom stereocenters. The standard InChI is InChI=1S/C64H40N4/c1-65-49-39-47(53-29-10-9-27-51(53)44-24-17-25-45(37-44)61-41-46-22-6-8-28-52(46)55-31-12-13-33-58(55)61)38-48(40-49)54-30-11-15-34-59(54)63-66-62(43-20-3-2-4-21-43)67-64(68-63)60-35-16-14-32-57(60)56-36-18-23-42-19-5-7-26-50(42)56/h2-41H. The average Bonchev–Trinajstić information content (AvgIpc) is 3.42. The summed E-state index contributed by atoms with van der Waals surface area (Å²) in [5, 5.41) is 7.26. The summed E-state index contributed by atoms with van der Waals surface area (Å²) < 4.78 is 0. The predicted octanol–water partition coefficient (Wildman–Crippen LogP) is 17.2. The highest BCUT2D eigenvalue weighted by Crippen LogP contribution is 2.43. The van der Waals surface area contributed by atoms with E-state index in [1.54, 1.807) is 0 Å². The molecule has 11 aromatic carbocycles. The van der Waals surface area contributed by atoms with Gasteiger partial charge in [-0.25, -0.2) is 19.8 Å². The zero-order valence-electron chi connectivity index (χ0n) is 36.9. The van der Waals surface area contributed by atoms with E-state index in [1.165, 1.54) is 32.5 Å². The van der Waals surface area contributed by atoms with Crippen LogP contribution in [0.2, 0.25) is 0 Å². The second kappa shape index (κ2) is 17.2. The van der Waals surface area contributed by atoms with Gasteiger partial charge in [-0.3, -0.25) is 0 Å². The summed E-state index contributed by atoms with van der Waals surface area (Å²) in [6, 6.07) is 84.7. The van der Waals surface area contributed by atoms with E-state index in [9.17, 15) is 0 Å². The molecule has 0 aliphatic carbocycles. The van der Waals surface area contributed by atoms with Gasteiger partial charge in [-0.1, -0.05) is 212 Å². The second-order valence-corrected chi connectivity index (χ2v) is 17.0. The number of hydrogen-bond acceptors (Lipinski definition) is 3. The van der Waals surface area contributed by atoms with Gasteiger partial charge in [0.05, 0.1) is 6.57 Å². The summed E-state index contributed by atoms with van der Waals surface area (Å²) in [7, 11) is 0. The van der Waals surface area contributed by atoms with Gasteiger partial charge < -0.3 is 0 Å². The fourth-order valence-electron chi connectivity index (χ4n) is 9.76. The summed E-state index contributed by atoms with van der Waals surface area (Å²) >= 11 is 0. The molecule has 0 aliphatic heterocycles. The van der Waals surface area contributed by atoms with Gasteiger partial charge in [0.2, 0.25) is 0 Å². The summed E-state index contributed by atoms with van der Waals surface area (Å²) in [6.07, 6.45) is 0. The van der Waals surface area contributed by atoms with Crippen LogP contribution in [0.3, 0.4) is 0 Å². The summed E-state index contributed by atoms with van der Waals surface area (Å²) in [5.41, 5.74) is 13.7. The van der Waals surface area contributed by atoms with E-state index in [1.807, 2.05) is 60.7 Å². The lowest BCUT2D eigenvalue weighted by atomic mass is 9.89. The quantitative estimate of drug-likeness (QED) is 0.113. The van der Waals surface area contributed by atoms with Crippen LogP contribution < -0.4 is 0 Å². The van der Waals surface area contributed by atoms with Crippen molar-refractivity contribution in [2.45, 2.75) is 0 Å². The van der Waals surface area contributed by atoms with E-state index in [2.05, 4.69) is 187 Å². The van der Waals surface area contributed by atoms with E-state index in [-0.39, 0.29) is 0 Å². The average molecular weight is 865 g/mol. The molecule has 12 rings (SSSR count). The zero-order chi connectivity index (χ0) is 45.4. The molecule has 0 saturated heterocycles. The third kappa shape index (κ3) is 7.35. The number of nitrogens with zero attached hydrogens (tertiary/aromatic N) is 4. The van der Waals surface area contributed by atoms with Crippen molar-refractivity contribution < 1.29 is 0 Å². The molecular weight excluding hydrogens is 825 g/mol. The van der Waals surface area contributed by atoms with E-state index < -0.39 is 0 Å². The van der Waals surface area contributed by atoms with Crippen LogP contribution in [0.4, 0.5) is 5.69 Å². The molecule has 1 heterocycles. The summed E-state index contributed by atoms with van der Waals surface area (Å²) in [5.74, 6) is 1.71. The highest BCUT2D eigenvalue weighted by Gasteiger charge is 2.20. The number of aromatic nitrogens is 3. The van der Waals surface area contributed by atoms with E-state index in [0.717, 1.165) is 72.1 Å². The van der Waals surface area contributed by atoms with Crippen LogP contribution in [0.15, 0.2) is 243 Å². The molecule has 0 bridgehead atoms. The number of hydrogen-bond donors (Lipinski definition) is 0. The minimum absolute atomic E-state index is 0.545. The molecule has 4 nitrogen and oxygen atoms in total. The first-order valence-electron chi connectivity index (χ1n) is 22.8. The van der Waals surface area contributed by atoms with Gasteiger partial charge in [0.1, 0.15) is 0 Å². The SMILES string of the molecule is [C-]#[N+]c1cc(-c2ccccc2-c2cccc(-c3cc4ccccc4c4ccccc34)c2)cc(-c2ccccc2-c2nc(-c3ccccc3)nc(-c3ccccc3-c3cccc4ccccc34)n2)c1. The molecule has 0 aliphatic rings. The maximum atomic E-state index is 8.32. The van der Waals surface area contributed by atoms with Crippen LogP contribution in [0, 0.1) is 6.57 Å². The van der Waals surface area contributed by atoms with Crippen molar-refractivity contribution in [3.05, 3.63) is 254 Å². The highest BCUT2D eigenvalue weighted by atomic mass is 15.0. The van der Waals surface area contributed by atoms with Gasteiger partial charge >= 0.3 is 0 Å². The Labute approximate surface area is 395 Å². The van der Waals surface area contributed by atoms with Crippen LogP contribution in [0.25, 0.3) is 127 Å². The minimum Gasteiger partial charge on any atom is -0.238 e. The molecule has 0 saturated carbocycles. The number of fused-ring (bicyclic) bond motifs is 4. The summed E-state index contributed by atoms with van der Waals surface area (Å²) in [4.78, 5) is 19.7. The normalized spacial score (nSPS) is 11.2. The van der Waals surface area contributed by atoms with E-state index in [4.69, 9.17) is 21.5 Å². The topological polar surface area (TPSA) is 43.0 Å². The molecule has 1 aromatic heterocycles. The van der Waals surface area contributed by atoms with Crippen LogP contribution in [0.1, 0.15) is 0 Å². The van der Waals surface area contributed by atoms with Crippen LogP contribution >= 0.6 is 0 Å². The van der Waals surface area contributed by atoms with E-state index >= 15 is 0 Å². The van der Waals surface area contributed by atoms with Crippen molar-refractivity contribution in [1.29, 1.82) is 0 Å². The first-order chi connectivity index (χ1) is 33.7. The lowest BCUT2D eigenvalue weighted by Gasteiger charge is -2.16. The first kappa shape index (κ1) is 40.2. The van der Waals surface area contributed by atoms with Gasteiger partial charge in [0, 0.05) is 16.7 Å². The monoisotopic (exact) mass is 864 g/mol. The Kier molecular flexibility index (Phi) is 10.2. The van der Waals surface area contributed by atoms with Crippen molar-refractivity contribution in [2.24, 2.45) is 0 Å². The number of rotatable bonds is 8. The van der Waals surface area contributed by atoms with Crippen molar-refractivity contribution in [2.75, 3.05) is 0 Å². The zero-order valence-corrected chi connectivity index (χ0v) is 36.9. The second-order valence-electron chi connectivity index (χ2n) is 17.0. The molecule has 316 valence electrons. The Morgan fingerprint density at radius 2 is 0.676 bits per heavy atom. The Hall–Kier alpha value is -9.30. The molecule has 0 atom stereocenters. The maximum absolute atomic E-state index is 8.32. The smallest absolute Gasteiger partial charge is 0.188 e. The molecule has 68 heavy (non-hydrogen) atoms. The third-order valence-electron chi connectivity index (χ3n) is 12.9. The Morgan fingerprint density at radius 3 is 1.37 bits per heavy atom. The molecule has 0 amide bonds. The highest BCUT2D eigenvalue weighted by molar-refractivity contribution is 6.14. The van der Waals surface area contributed by atoms with Gasteiger partial charge in [0.15, 0.2) is 23.2 Å². The Balaban J connectivity index is 0.992. The van der Waals surface area contributed by atoms with Crippen molar-refractivity contribution in [3.63, 3.8) is 0 Å². The largest absolute Gasteiger partial charge is 0.238 e. The van der Waals surface area contributed by atoms with Gasteiger partial charge in [-0.15, -0.1) is 0 Å². The molecule has 0 radical (unpaired) electrons. The fraction of sp³-hybridized carbons (Fsp3) is 0. The fourth-order valence-corrected chi connectivity index (χ4v) is 9.76. The molecule has 0 fully saturated rings. The number of benzene rings is 11.